The molecule has 0 radical (unpaired) electrons. The number of amides is 1. The molecule has 2 rings (SSSR count). The Bertz CT molecular complexity index is 606. The molecule has 0 aliphatic carbocycles. The van der Waals surface area contributed by atoms with Crippen molar-refractivity contribution >= 4 is 18.0 Å². The number of hydrogen-bond donors (Lipinski definition) is 2. The molecule has 0 spiro atoms. The van der Waals surface area contributed by atoms with Crippen LogP contribution >= 0.6 is 0 Å². The van der Waals surface area contributed by atoms with Gasteiger partial charge in [-0.1, -0.05) is 12.7 Å². The molecule has 1 aliphatic rings. The van der Waals surface area contributed by atoms with E-state index in [2.05, 4.69) is 22.3 Å². The number of carbonyl (C=O) groups is 2. The maximum atomic E-state index is 12.1. The summed E-state index contributed by atoms with van der Waals surface area (Å²) in [4.78, 5) is 23.7. The molecule has 0 bridgehead atoms. The van der Waals surface area contributed by atoms with Crippen molar-refractivity contribution in [1.29, 1.82) is 0 Å². The number of fused-ring (bicyclic) bond motifs is 1. The molecule has 1 aliphatic heterocycles. The van der Waals surface area contributed by atoms with Crippen LogP contribution in [0.2, 0.25) is 0 Å². The highest BCUT2D eigenvalue weighted by molar-refractivity contribution is 5.85. The highest BCUT2D eigenvalue weighted by Crippen LogP contribution is 2.35. The monoisotopic (exact) mass is 308 g/mol. The van der Waals surface area contributed by atoms with E-state index in [1.54, 1.807) is 6.92 Å². The minimum absolute atomic E-state index is 0.0936. The molecule has 2 N–H and O–H groups in total. The molecule has 0 saturated heterocycles. The Kier molecular flexibility index (Phi) is 4.51. The van der Waals surface area contributed by atoms with Crippen molar-refractivity contribution in [2.45, 2.75) is 32.9 Å². The van der Waals surface area contributed by atoms with Crippen molar-refractivity contribution in [2.75, 3.05) is 18.5 Å². The van der Waals surface area contributed by atoms with Crippen LogP contribution in [0.4, 0.5) is 15.4 Å². The van der Waals surface area contributed by atoms with E-state index < -0.39 is 17.7 Å². The molecule has 1 aromatic heterocycles. The fourth-order valence-electron chi connectivity index (χ4n) is 2.34. The Labute approximate surface area is 128 Å². The quantitative estimate of drug-likeness (QED) is 0.826. The van der Waals surface area contributed by atoms with Gasteiger partial charge in [-0.2, -0.15) is 4.68 Å². The average molecular weight is 308 g/mol. The summed E-state index contributed by atoms with van der Waals surface area (Å²) in [6.07, 6.45) is 0.232. The van der Waals surface area contributed by atoms with Crippen molar-refractivity contribution in [3.63, 3.8) is 0 Å². The molecule has 1 amide bonds. The molecule has 2 heterocycles. The molecular weight excluding hydrogens is 288 g/mol. The van der Waals surface area contributed by atoms with Crippen LogP contribution in [0.1, 0.15) is 32.0 Å². The molecule has 0 atom stereocenters. The molecule has 0 aromatic carbocycles. The van der Waals surface area contributed by atoms with Gasteiger partial charge in [0.2, 0.25) is 0 Å². The van der Waals surface area contributed by atoms with E-state index in [1.165, 1.54) is 10.8 Å². The van der Waals surface area contributed by atoms with E-state index >= 15 is 0 Å². The van der Waals surface area contributed by atoms with Crippen LogP contribution in [0.25, 0.3) is 0 Å². The predicted octanol–water partition coefficient (Wildman–Crippen LogP) is 1.96. The number of aromatic nitrogens is 2. The Hall–Kier alpha value is -2.35. The van der Waals surface area contributed by atoms with E-state index in [0.717, 1.165) is 5.56 Å². The first kappa shape index (κ1) is 16.0. The van der Waals surface area contributed by atoms with E-state index in [-0.39, 0.29) is 19.0 Å². The summed E-state index contributed by atoms with van der Waals surface area (Å²) in [6.45, 7) is 9.86. The van der Waals surface area contributed by atoms with Gasteiger partial charge in [0.25, 0.3) is 0 Å². The number of nitrogens with zero attached hydrogens (tertiary/aromatic N) is 2. The molecule has 0 saturated carbocycles. The topological polar surface area (TPSA) is 94.5 Å². The van der Waals surface area contributed by atoms with Gasteiger partial charge in [0.15, 0.2) is 5.82 Å². The van der Waals surface area contributed by atoms with Crippen molar-refractivity contribution in [3.05, 3.63) is 23.9 Å². The number of nitrogens with one attached hydrogen (secondary N) is 2. The third-order valence-electron chi connectivity index (χ3n) is 3.28. The van der Waals surface area contributed by atoms with Crippen molar-refractivity contribution in [2.24, 2.45) is 0 Å². The normalized spacial score (nSPS) is 15.0. The van der Waals surface area contributed by atoms with E-state index in [0.29, 0.717) is 12.2 Å². The molecular formula is C14H20N4O4. The molecule has 1 aromatic rings. The second-order valence-electron chi connectivity index (χ2n) is 5.28. The molecule has 0 unspecified atom stereocenters. The fourth-order valence-corrected chi connectivity index (χ4v) is 2.34. The minimum Gasteiger partial charge on any atom is -0.448 e. The number of carbonyl (C=O) groups excluding carboxylic acids is 2. The zero-order valence-electron chi connectivity index (χ0n) is 12.9. The van der Waals surface area contributed by atoms with E-state index in [9.17, 15) is 9.59 Å². The second-order valence-corrected chi connectivity index (χ2v) is 5.28. The van der Waals surface area contributed by atoms with E-state index in [4.69, 9.17) is 9.47 Å². The number of anilines is 1. The van der Waals surface area contributed by atoms with Crippen LogP contribution in [0, 0.1) is 0 Å². The minimum atomic E-state index is -0.652. The Balaban J connectivity index is 2.33. The van der Waals surface area contributed by atoms with Crippen LogP contribution in [0.5, 0.6) is 0 Å². The summed E-state index contributed by atoms with van der Waals surface area (Å²) in [5.74, 6) is 0.287. The first-order valence-corrected chi connectivity index (χ1v) is 7.00. The molecule has 0 fully saturated rings. The summed E-state index contributed by atoms with van der Waals surface area (Å²) in [5.41, 5.74) is 0.957. The molecule has 120 valence electrons. The molecule has 8 nitrogen and oxygen atoms in total. The standard InChI is InChI=1S/C14H20N4O4/c1-5-7-22-12(19)16-11-9-8-15-14(3,4)10(9)18(17-11)13(20)21-6-2/h5,15H,1,6-8H2,2-4H3,(H,16,17,19). The summed E-state index contributed by atoms with van der Waals surface area (Å²) in [5, 5.41) is 9.96. The highest BCUT2D eigenvalue weighted by atomic mass is 16.6. The van der Waals surface area contributed by atoms with Crippen LogP contribution in [-0.4, -0.2) is 35.2 Å². The third-order valence-corrected chi connectivity index (χ3v) is 3.28. The number of ether oxygens (including phenoxy) is 2. The van der Waals surface area contributed by atoms with Gasteiger partial charge in [-0.3, -0.25) is 5.32 Å². The van der Waals surface area contributed by atoms with Crippen molar-refractivity contribution in [3.8, 4) is 0 Å². The first-order chi connectivity index (χ1) is 10.4. The van der Waals surface area contributed by atoms with Gasteiger partial charge in [0, 0.05) is 12.1 Å². The summed E-state index contributed by atoms with van der Waals surface area (Å²) < 4.78 is 11.1. The van der Waals surface area contributed by atoms with Crippen LogP contribution in [-0.2, 0) is 21.6 Å². The number of hydrogen-bond acceptors (Lipinski definition) is 6. The van der Waals surface area contributed by atoms with Gasteiger partial charge in [-0.05, 0) is 20.8 Å². The summed E-state index contributed by atoms with van der Waals surface area (Å²) in [7, 11) is 0. The fraction of sp³-hybridized carbons (Fsp3) is 0.500. The maximum Gasteiger partial charge on any atom is 0.435 e. The molecule has 8 heteroatoms. The van der Waals surface area contributed by atoms with Crippen LogP contribution in [0.15, 0.2) is 12.7 Å². The summed E-state index contributed by atoms with van der Waals surface area (Å²) in [6, 6.07) is 0. The average Bonchev–Trinajstić information content (AvgIpc) is 2.97. The second kappa shape index (κ2) is 6.18. The summed E-state index contributed by atoms with van der Waals surface area (Å²) >= 11 is 0. The highest BCUT2D eigenvalue weighted by Gasteiger charge is 2.39. The van der Waals surface area contributed by atoms with Gasteiger partial charge in [0.1, 0.15) is 6.61 Å². The Morgan fingerprint density at radius 3 is 2.86 bits per heavy atom. The lowest BCUT2D eigenvalue weighted by molar-refractivity contribution is 0.148. The maximum absolute atomic E-state index is 12.1. The largest absolute Gasteiger partial charge is 0.448 e. The molecule has 22 heavy (non-hydrogen) atoms. The SMILES string of the molecule is C=CCOC(=O)Nc1nn(C(=O)OCC)c2c1CNC2(C)C. The van der Waals surface area contributed by atoms with Gasteiger partial charge in [-0.15, -0.1) is 5.10 Å². The number of rotatable bonds is 4. The van der Waals surface area contributed by atoms with Crippen molar-refractivity contribution < 1.29 is 19.1 Å². The smallest absolute Gasteiger partial charge is 0.435 e. The van der Waals surface area contributed by atoms with Gasteiger partial charge in [0.05, 0.1) is 17.8 Å². The third kappa shape index (κ3) is 2.96. The van der Waals surface area contributed by atoms with Crippen LogP contribution < -0.4 is 10.6 Å². The van der Waals surface area contributed by atoms with Gasteiger partial charge in [-0.25, -0.2) is 9.59 Å². The Morgan fingerprint density at radius 1 is 1.50 bits per heavy atom. The Morgan fingerprint density at radius 2 is 2.23 bits per heavy atom. The van der Waals surface area contributed by atoms with Crippen LogP contribution in [0.3, 0.4) is 0 Å². The van der Waals surface area contributed by atoms with E-state index in [1.807, 2.05) is 13.8 Å². The first-order valence-electron chi connectivity index (χ1n) is 7.00. The lowest BCUT2D eigenvalue weighted by atomic mass is 10.0. The van der Waals surface area contributed by atoms with Crippen molar-refractivity contribution in [1.82, 2.24) is 15.1 Å². The van der Waals surface area contributed by atoms with Gasteiger partial charge < -0.3 is 14.8 Å². The zero-order chi connectivity index (χ0) is 16.3. The lowest BCUT2D eigenvalue weighted by Crippen LogP contribution is -2.34. The predicted molar refractivity (Wildman–Crippen MR) is 79.7 cm³/mol. The lowest BCUT2D eigenvalue weighted by Gasteiger charge is -2.20. The van der Waals surface area contributed by atoms with Gasteiger partial charge >= 0.3 is 12.2 Å². The zero-order valence-corrected chi connectivity index (χ0v) is 12.9.